The summed E-state index contributed by atoms with van der Waals surface area (Å²) < 4.78 is 11.3. The van der Waals surface area contributed by atoms with Crippen LogP contribution in [0, 0.1) is 11.8 Å². The number of aromatic nitrogens is 1. The van der Waals surface area contributed by atoms with E-state index in [1.807, 2.05) is 50.2 Å². The molecule has 1 aromatic heterocycles. The summed E-state index contributed by atoms with van der Waals surface area (Å²) in [6.45, 7) is 13.3. The molecule has 0 saturated carbocycles. The van der Waals surface area contributed by atoms with E-state index in [0.29, 0.717) is 42.6 Å². The van der Waals surface area contributed by atoms with Gasteiger partial charge in [0.2, 0.25) is 5.91 Å². The third kappa shape index (κ3) is 8.72. The Hall–Kier alpha value is -3.11. The normalized spacial score (nSPS) is 16.9. The maximum absolute atomic E-state index is 12.6. The average Bonchev–Trinajstić information content (AvgIpc) is 3.42. The van der Waals surface area contributed by atoms with E-state index in [1.54, 1.807) is 6.20 Å². The third-order valence-electron chi connectivity index (χ3n) is 8.20. The van der Waals surface area contributed by atoms with E-state index in [1.165, 1.54) is 6.54 Å². The Balaban J connectivity index is 1.05. The smallest absolute Gasteiger partial charge is 0.340 e. The molecule has 0 bridgehead atoms. The Morgan fingerprint density at radius 2 is 1.79 bits per heavy atom. The number of esters is 1. The number of likely N-dealkylation sites (tertiary alicyclic amines) is 1. The molecule has 2 aliphatic rings. The van der Waals surface area contributed by atoms with E-state index in [2.05, 4.69) is 25.4 Å². The molecule has 3 N–H and O–H groups in total. The Kier molecular flexibility index (Phi) is 11.0. The van der Waals surface area contributed by atoms with Crippen molar-refractivity contribution in [1.82, 2.24) is 25.4 Å². The summed E-state index contributed by atoms with van der Waals surface area (Å²) in [4.78, 5) is 33.1. The molecule has 2 saturated heterocycles. The van der Waals surface area contributed by atoms with Crippen LogP contribution in [0.5, 0.6) is 5.75 Å². The number of H-pyrrole nitrogens is 1. The molecule has 10 heteroatoms. The number of aromatic amines is 1. The van der Waals surface area contributed by atoms with Crippen molar-refractivity contribution in [3.05, 3.63) is 53.2 Å². The van der Waals surface area contributed by atoms with E-state index < -0.39 is 0 Å². The minimum atomic E-state index is -0.352. The standard InChI is InChI=1S/C33H44ClN5O4/c1-23(2)22-43-33(41)29-19-37-31-18-30(34)27(17-28(29)31)25-3-5-26(6-4-25)42-16-11-36-32(40)21-38-12-7-24(8-13-38)20-39-14-9-35-10-15-39/h3-6,17-19,23-24,35,37H,7-16,20-22H2,1-2H3,(H,36,40). The second-order valence-corrected chi connectivity index (χ2v) is 12.5. The zero-order chi connectivity index (χ0) is 30.2. The van der Waals surface area contributed by atoms with E-state index in [4.69, 9.17) is 21.1 Å². The van der Waals surface area contributed by atoms with Gasteiger partial charge in [0.25, 0.3) is 0 Å². The maximum atomic E-state index is 12.6. The van der Waals surface area contributed by atoms with Crippen LogP contribution in [0.1, 0.15) is 37.0 Å². The summed E-state index contributed by atoms with van der Waals surface area (Å²) in [7, 11) is 0. The highest BCUT2D eigenvalue weighted by atomic mass is 35.5. The number of ether oxygens (including phenoxy) is 2. The van der Waals surface area contributed by atoms with Crippen molar-refractivity contribution >= 4 is 34.4 Å². The van der Waals surface area contributed by atoms with Gasteiger partial charge in [0, 0.05) is 55.4 Å². The van der Waals surface area contributed by atoms with Crippen LogP contribution >= 0.6 is 11.6 Å². The number of carbonyl (C=O) groups excluding carboxylic acids is 2. The summed E-state index contributed by atoms with van der Waals surface area (Å²) >= 11 is 6.60. The van der Waals surface area contributed by atoms with Crippen molar-refractivity contribution < 1.29 is 19.1 Å². The average molecular weight is 610 g/mol. The summed E-state index contributed by atoms with van der Waals surface area (Å²) in [5.74, 6) is 1.40. The molecule has 0 unspecified atom stereocenters. The molecule has 2 aliphatic heterocycles. The lowest BCUT2D eigenvalue weighted by molar-refractivity contribution is -0.122. The van der Waals surface area contributed by atoms with Crippen LogP contribution in [0.4, 0.5) is 0 Å². The SMILES string of the molecule is CC(C)COC(=O)c1c[nH]c2cc(Cl)c(-c3ccc(OCCNC(=O)CN4CCC(CN5CCNCC5)CC4)cc3)cc12. The van der Waals surface area contributed by atoms with Gasteiger partial charge in [0.15, 0.2) is 0 Å². The quantitative estimate of drug-likeness (QED) is 0.207. The zero-order valence-electron chi connectivity index (χ0n) is 25.3. The first-order valence-corrected chi connectivity index (χ1v) is 15.9. The number of benzene rings is 2. The minimum absolute atomic E-state index is 0.0433. The van der Waals surface area contributed by atoms with Crippen LogP contribution in [0.25, 0.3) is 22.0 Å². The van der Waals surface area contributed by atoms with Gasteiger partial charge < -0.3 is 30.0 Å². The van der Waals surface area contributed by atoms with Gasteiger partial charge in [-0.1, -0.05) is 37.6 Å². The van der Waals surface area contributed by atoms with Crippen LogP contribution in [0.15, 0.2) is 42.6 Å². The molecule has 0 aliphatic carbocycles. The Morgan fingerprint density at radius 1 is 1.05 bits per heavy atom. The highest BCUT2D eigenvalue weighted by Gasteiger charge is 2.23. The monoisotopic (exact) mass is 609 g/mol. The van der Waals surface area contributed by atoms with Gasteiger partial charge in [-0.3, -0.25) is 9.69 Å². The van der Waals surface area contributed by atoms with Crippen LogP contribution in [0.3, 0.4) is 0 Å². The van der Waals surface area contributed by atoms with Crippen molar-refractivity contribution in [3.8, 4) is 16.9 Å². The largest absolute Gasteiger partial charge is 0.492 e. The number of nitrogens with zero attached hydrogens (tertiary/aromatic N) is 2. The minimum Gasteiger partial charge on any atom is -0.492 e. The van der Waals surface area contributed by atoms with E-state index in [0.717, 1.165) is 80.1 Å². The number of nitrogens with one attached hydrogen (secondary N) is 3. The van der Waals surface area contributed by atoms with Crippen LogP contribution in [0.2, 0.25) is 5.02 Å². The molecule has 5 rings (SSSR count). The number of piperazine rings is 1. The zero-order valence-corrected chi connectivity index (χ0v) is 26.0. The Labute approximate surface area is 259 Å². The van der Waals surface area contributed by atoms with E-state index in [-0.39, 0.29) is 17.8 Å². The number of amides is 1. The van der Waals surface area contributed by atoms with Gasteiger partial charge in [-0.05, 0) is 67.6 Å². The molecule has 43 heavy (non-hydrogen) atoms. The molecular formula is C33H44ClN5O4. The first kappa shape index (κ1) is 31.3. The highest BCUT2D eigenvalue weighted by Crippen LogP contribution is 2.34. The molecule has 0 spiro atoms. The summed E-state index contributed by atoms with van der Waals surface area (Å²) in [6.07, 6.45) is 3.99. The topological polar surface area (TPSA) is 98.9 Å². The van der Waals surface area contributed by atoms with Gasteiger partial charge in [0.05, 0.1) is 30.3 Å². The Bertz CT molecular complexity index is 1360. The lowest BCUT2D eigenvalue weighted by Gasteiger charge is -2.36. The molecule has 1 amide bonds. The maximum Gasteiger partial charge on any atom is 0.340 e. The summed E-state index contributed by atoms with van der Waals surface area (Å²) in [5, 5.41) is 7.75. The lowest BCUT2D eigenvalue weighted by atomic mass is 9.96. The van der Waals surface area contributed by atoms with Crippen molar-refractivity contribution in [2.45, 2.75) is 26.7 Å². The van der Waals surface area contributed by atoms with Gasteiger partial charge >= 0.3 is 5.97 Å². The molecule has 0 radical (unpaired) electrons. The molecule has 2 aromatic carbocycles. The molecule has 0 atom stereocenters. The molecule has 3 heterocycles. The lowest BCUT2D eigenvalue weighted by Crippen LogP contribution is -2.47. The van der Waals surface area contributed by atoms with Gasteiger partial charge in [-0.15, -0.1) is 0 Å². The molecule has 2 fully saturated rings. The van der Waals surface area contributed by atoms with Gasteiger partial charge in [-0.2, -0.15) is 0 Å². The summed E-state index contributed by atoms with van der Waals surface area (Å²) in [5.41, 5.74) is 3.00. The second kappa shape index (κ2) is 15.1. The van der Waals surface area contributed by atoms with Crippen molar-refractivity contribution in [3.63, 3.8) is 0 Å². The van der Waals surface area contributed by atoms with Crippen molar-refractivity contribution in [1.29, 1.82) is 0 Å². The fourth-order valence-electron chi connectivity index (χ4n) is 5.79. The Morgan fingerprint density at radius 3 is 2.51 bits per heavy atom. The van der Waals surface area contributed by atoms with Crippen LogP contribution < -0.4 is 15.4 Å². The second-order valence-electron chi connectivity index (χ2n) is 12.1. The number of halogens is 1. The molecule has 232 valence electrons. The first-order chi connectivity index (χ1) is 20.9. The van der Waals surface area contributed by atoms with Crippen LogP contribution in [-0.4, -0.2) is 98.8 Å². The number of hydrogen-bond acceptors (Lipinski definition) is 7. The van der Waals surface area contributed by atoms with Crippen molar-refractivity contribution in [2.75, 3.05) is 72.1 Å². The van der Waals surface area contributed by atoms with Gasteiger partial charge in [-0.25, -0.2) is 4.79 Å². The number of hydrogen-bond donors (Lipinski definition) is 3. The fraction of sp³-hybridized carbons (Fsp3) is 0.515. The fourth-order valence-corrected chi connectivity index (χ4v) is 6.06. The first-order valence-electron chi connectivity index (χ1n) is 15.5. The molecular weight excluding hydrogens is 566 g/mol. The predicted octanol–water partition coefficient (Wildman–Crippen LogP) is 4.41. The third-order valence-corrected chi connectivity index (χ3v) is 8.51. The molecule has 3 aromatic rings. The number of rotatable bonds is 12. The number of fused-ring (bicyclic) bond motifs is 1. The highest BCUT2D eigenvalue weighted by molar-refractivity contribution is 6.34. The molecule has 9 nitrogen and oxygen atoms in total. The van der Waals surface area contributed by atoms with Crippen LogP contribution in [-0.2, 0) is 9.53 Å². The van der Waals surface area contributed by atoms with E-state index in [9.17, 15) is 9.59 Å². The van der Waals surface area contributed by atoms with Crippen molar-refractivity contribution in [2.24, 2.45) is 11.8 Å². The predicted molar refractivity (Wildman–Crippen MR) is 171 cm³/mol. The number of carbonyl (C=O) groups is 2. The van der Waals surface area contributed by atoms with Gasteiger partial charge in [0.1, 0.15) is 12.4 Å². The number of piperidine rings is 1. The van der Waals surface area contributed by atoms with E-state index >= 15 is 0 Å². The summed E-state index contributed by atoms with van der Waals surface area (Å²) in [6, 6.07) is 11.4.